The Labute approximate surface area is 186 Å². The summed E-state index contributed by atoms with van der Waals surface area (Å²) >= 11 is 7.39. The first-order valence-corrected chi connectivity index (χ1v) is 10.4. The Balaban J connectivity index is 1.69. The zero-order valence-corrected chi connectivity index (χ0v) is 17.9. The van der Waals surface area contributed by atoms with Gasteiger partial charge in [0.2, 0.25) is 5.95 Å². The Bertz CT molecular complexity index is 1300. The van der Waals surface area contributed by atoms with Gasteiger partial charge in [0.05, 0.1) is 28.4 Å². The molecule has 4 N–H and O–H groups in total. The number of nitrogen functional groups attached to an aromatic ring is 1. The van der Waals surface area contributed by atoms with Crippen molar-refractivity contribution in [1.82, 2.24) is 9.97 Å². The number of anilines is 2. The van der Waals surface area contributed by atoms with E-state index in [1.165, 1.54) is 18.3 Å². The van der Waals surface area contributed by atoms with Crippen LogP contribution < -0.4 is 10.5 Å². The molecule has 0 bridgehead atoms. The summed E-state index contributed by atoms with van der Waals surface area (Å²) < 4.78 is 32.8. The summed E-state index contributed by atoms with van der Waals surface area (Å²) in [6, 6.07) is 10.9. The van der Waals surface area contributed by atoms with Gasteiger partial charge in [-0.25, -0.2) is 18.7 Å². The number of aromatic nitrogens is 2. The lowest BCUT2D eigenvalue weighted by Crippen LogP contribution is -1.98. The highest BCUT2D eigenvalue weighted by molar-refractivity contribution is 8.00. The van der Waals surface area contributed by atoms with Gasteiger partial charge in [-0.15, -0.1) is 0 Å². The summed E-state index contributed by atoms with van der Waals surface area (Å²) in [4.78, 5) is 8.65. The molecule has 0 spiro atoms. The lowest BCUT2D eigenvalue weighted by atomic mass is 10.0. The summed E-state index contributed by atoms with van der Waals surface area (Å²) in [5.41, 5.74) is 7.91. The number of fused-ring (bicyclic) bond motifs is 1. The first kappa shape index (κ1) is 21.3. The van der Waals surface area contributed by atoms with Gasteiger partial charge in [0, 0.05) is 16.5 Å². The molecule has 4 aromatic rings. The molecule has 0 amide bonds. The van der Waals surface area contributed by atoms with Gasteiger partial charge in [-0.2, -0.15) is 0 Å². The van der Waals surface area contributed by atoms with Crippen LogP contribution in [-0.4, -0.2) is 15.1 Å². The Kier molecular flexibility index (Phi) is 5.95. The van der Waals surface area contributed by atoms with Gasteiger partial charge in [-0.05, 0) is 65.9 Å². The summed E-state index contributed by atoms with van der Waals surface area (Å²) in [6.07, 6.45) is 1.51. The lowest BCUT2D eigenvalue weighted by molar-refractivity contribution is 0.281. The molecule has 0 aliphatic carbocycles. The molecule has 3 aromatic carbocycles. The van der Waals surface area contributed by atoms with E-state index in [1.807, 2.05) is 13.0 Å². The second-order valence-corrected chi connectivity index (χ2v) is 8.11. The minimum Gasteiger partial charge on any atom is -0.392 e. The molecule has 9 heteroatoms. The molecule has 0 saturated heterocycles. The fourth-order valence-corrected chi connectivity index (χ4v) is 4.33. The third kappa shape index (κ3) is 4.27. The van der Waals surface area contributed by atoms with Crippen molar-refractivity contribution in [2.45, 2.75) is 18.4 Å². The van der Waals surface area contributed by atoms with Crippen LogP contribution in [0.4, 0.5) is 20.4 Å². The third-order valence-electron chi connectivity index (χ3n) is 4.68. The fourth-order valence-electron chi connectivity index (χ4n) is 3.21. The maximum Gasteiger partial charge on any atom is 0.220 e. The highest BCUT2D eigenvalue weighted by Crippen LogP contribution is 2.36. The molecule has 0 radical (unpaired) electrons. The number of nitrogens with two attached hydrogens (primary N) is 1. The van der Waals surface area contributed by atoms with Crippen LogP contribution in [0.3, 0.4) is 0 Å². The molecule has 1 heterocycles. The average Bonchev–Trinajstić information content (AvgIpc) is 2.75. The van der Waals surface area contributed by atoms with E-state index in [-0.39, 0.29) is 23.8 Å². The molecule has 1 aromatic heterocycles. The van der Waals surface area contributed by atoms with Crippen molar-refractivity contribution in [2.24, 2.45) is 0 Å². The highest BCUT2D eigenvalue weighted by Gasteiger charge is 2.17. The number of hydrogen-bond acceptors (Lipinski definition) is 6. The Hall–Kier alpha value is -2.94. The molecule has 0 fully saturated rings. The van der Waals surface area contributed by atoms with E-state index in [2.05, 4.69) is 14.7 Å². The second kappa shape index (κ2) is 8.66. The molecule has 31 heavy (non-hydrogen) atoms. The van der Waals surface area contributed by atoms with Crippen LogP contribution in [0.2, 0.25) is 5.02 Å². The predicted molar refractivity (Wildman–Crippen MR) is 121 cm³/mol. The van der Waals surface area contributed by atoms with Gasteiger partial charge in [0.15, 0.2) is 5.82 Å². The predicted octanol–water partition coefficient (Wildman–Crippen LogP) is 5.73. The molecule has 5 nitrogen and oxygen atoms in total. The number of benzene rings is 3. The molecule has 0 unspecified atom stereocenters. The average molecular weight is 459 g/mol. The van der Waals surface area contributed by atoms with E-state index in [9.17, 15) is 9.50 Å². The van der Waals surface area contributed by atoms with Crippen LogP contribution in [0.5, 0.6) is 0 Å². The topological polar surface area (TPSA) is 84.1 Å². The van der Waals surface area contributed by atoms with Crippen LogP contribution in [0, 0.1) is 18.6 Å². The number of halogens is 3. The largest absolute Gasteiger partial charge is 0.392 e. The van der Waals surface area contributed by atoms with Gasteiger partial charge in [0.25, 0.3) is 0 Å². The molecular weight excluding hydrogens is 442 g/mol. The van der Waals surface area contributed by atoms with Gasteiger partial charge >= 0.3 is 0 Å². The summed E-state index contributed by atoms with van der Waals surface area (Å²) in [7, 11) is 0. The normalized spacial score (nSPS) is 11.1. The van der Waals surface area contributed by atoms with Crippen molar-refractivity contribution >= 4 is 46.1 Å². The minimum atomic E-state index is -0.741. The van der Waals surface area contributed by atoms with Gasteiger partial charge in [-0.3, -0.25) is 0 Å². The lowest BCUT2D eigenvalue weighted by Gasteiger charge is -2.14. The fraction of sp³-hybridized carbons (Fsp3) is 0.0909. The monoisotopic (exact) mass is 458 g/mol. The SMILES string of the molecule is Cc1cc(CO)c(Cl)c(SNc2ccc(F)c(-c3ccc4nc(N)ncc4c3)c2F)c1. The summed E-state index contributed by atoms with van der Waals surface area (Å²) in [6.45, 7) is 1.66. The maximum absolute atomic E-state index is 15.3. The summed E-state index contributed by atoms with van der Waals surface area (Å²) in [5.74, 6) is -1.31. The first-order valence-electron chi connectivity index (χ1n) is 9.20. The van der Waals surface area contributed by atoms with E-state index in [4.69, 9.17) is 17.3 Å². The number of rotatable bonds is 5. The number of aliphatic hydroxyl groups is 1. The molecule has 0 saturated carbocycles. The molecular formula is C22H17ClF2N4OS. The zero-order chi connectivity index (χ0) is 22.1. The summed E-state index contributed by atoms with van der Waals surface area (Å²) in [5, 5.41) is 10.4. The van der Waals surface area contributed by atoms with Crippen molar-refractivity contribution in [1.29, 1.82) is 0 Å². The highest BCUT2D eigenvalue weighted by atomic mass is 35.5. The standard InChI is InChI=1S/C22H17ClF2N4OS/c1-11-6-14(10-30)20(23)18(7-11)31-29-17-5-3-15(24)19(21(17)25)12-2-4-16-13(8-12)9-27-22(26)28-16/h2-9,29-30H,10H2,1H3,(H2,26,27,28). The van der Waals surface area contributed by atoms with E-state index in [0.717, 1.165) is 17.5 Å². The Morgan fingerprint density at radius 1 is 1.16 bits per heavy atom. The van der Waals surface area contributed by atoms with Crippen molar-refractivity contribution in [2.75, 3.05) is 10.5 Å². The number of aryl methyl sites for hydroxylation is 1. The third-order valence-corrected chi connectivity index (χ3v) is 6.10. The number of hydrogen-bond donors (Lipinski definition) is 3. The zero-order valence-electron chi connectivity index (χ0n) is 16.3. The molecule has 0 aliphatic rings. The van der Waals surface area contributed by atoms with Crippen LogP contribution in [0.1, 0.15) is 11.1 Å². The number of aliphatic hydroxyl groups excluding tert-OH is 1. The Morgan fingerprint density at radius 2 is 1.97 bits per heavy atom. The van der Waals surface area contributed by atoms with Crippen LogP contribution in [-0.2, 0) is 6.61 Å². The van der Waals surface area contributed by atoms with E-state index in [1.54, 1.807) is 24.3 Å². The number of nitrogens with zero attached hydrogens (tertiary/aromatic N) is 2. The van der Waals surface area contributed by atoms with Gasteiger partial charge in [-0.1, -0.05) is 23.7 Å². The van der Waals surface area contributed by atoms with Crippen molar-refractivity contribution in [3.63, 3.8) is 0 Å². The minimum absolute atomic E-state index is 0.0955. The molecule has 0 aliphatic heterocycles. The molecule has 4 rings (SSSR count). The van der Waals surface area contributed by atoms with E-state index in [0.29, 0.717) is 31.9 Å². The molecule has 0 atom stereocenters. The van der Waals surface area contributed by atoms with Crippen LogP contribution >= 0.6 is 23.5 Å². The van der Waals surface area contributed by atoms with Crippen molar-refractivity contribution in [3.05, 3.63) is 76.4 Å². The van der Waals surface area contributed by atoms with Crippen LogP contribution in [0.25, 0.3) is 22.0 Å². The molecule has 158 valence electrons. The first-order chi connectivity index (χ1) is 14.9. The van der Waals surface area contributed by atoms with Crippen LogP contribution in [0.15, 0.2) is 53.6 Å². The quantitative estimate of drug-likeness (QED) is 0.331. The smallest absolute Gasteiger partial charge is 0.220 e. The van der Waals surface area contributed by atoms with Gasteiger partial charge in [0.1, 0.15) is 5.82 Å². The van der Waals surface area contributed by atoms with E-state index >= 15 is 4.39 Å². The Morgan fingerprint density at radius 3 is 2.74 bits per heavy atom. The number of nitrogens with one attached hydrogen (secondary N) is 1. The maximum atomic E-state index is 15.3. The van der Waals surface area contributed by atoms with Crippen molar-refractivity contribution < 1.29 is 13.9 Å². The van der Waals surface area contributed by atoms with Gasteiger partial charge < -0.3 is 15.6 Å². The second-order valence-electron chi connectivity index (χ2n) is 6.88. The van der Waals surface area contributed by atoms with Crippen molar-refractivity contribution in [3.8, 4) is 11.1 Å². The van der Waals surface area contributed by atoms with E-state index < -0.39 is 11.6 Å².